The van der Waals surface area contributed by atoms with Crippen LogP contribution in [0.4, 0.5) is 5.69 Å². The number of anilines is 1. The van der Waals surface area contributed by atoms with Gasteiger partial charge in [0.05, 0.1) is 15.6 Å². The number of sulfonamides is 1. The third-order valence-corrected chi connectivity index (χ3v) is 8.21. The molecule has 3 rings (SSSR count). The number of nitrogens with one attached hydrogen (secondary N) is 1. The summed E-state index contributed by atoms with van der Waals surface area (Å²) in [6, 6.07) is 20.3. The molecule has 0 saturated heterocycles. The largest absolute Gasteiger partial charge is 0.354 e. The van der Waals surface area contributed by atoms with E-state index in [9.17, 15) is 18.0 Å². The summed E-state index contributed by atoms with van der Waals surface area (Å²) >= 11 is 12.7. The zero-order valence-corrected chi connectivity index (χ0v) is 22.9. The molecule has 0 unspecified atom stereocenters. The van der Waals surface area contributed by atoms with E-state index in [1.54, 1.807) is 67.6 Å². The molecule has 37 heavy (non-hydrogen) atoms. The second-order valence-electron chi connectivity index (χ2n) is 8.36. The van der Waals surface area contributed by atoms with Crippen molar-refractivity contribution in [3.8, 4) is 0 Å². The van der Waals surface area contributed by atoms with Crippen LogP contribution in [0.5, 0.6) is 0 Å². The zero-order chi connectivity index (χ0) is 27.0. The molecule has 2 amide bonds. The molecule has 1 atom stereocenters. The predicted octanol–water partition coefficient (Wildman–Crippen LogP) is 5.13. The standard InChI is InChI=1S/C27H29Cl2N3O4S/c1-3-17-30-27(34)20(2)31(18-21-11-7-8-14-23(21)28)26(33)19-32(25-16-10-9-15-24(25)29)37(35,36)22-12-5-4-6-13-22/h4-16,20H,3,17-19H2,1-2H3,(H,30,34)/t20-/m0/s1. The van der Waals surface area contributed by atoms with Gasteiger partial charge in [-0.25, -0.2) is 8.42 Å². The molecule has 0 radical (unpaired) electrons. The SMILES string of the molecule is CCCNC(=O)[C@H](C)N(Cc1ccccc1Cl)C(=O)CN(c1ccccc1Cl)S(=O)(=O)c1ccccc1. The lowest BCUT2D eigenvalue weighted by atomic mass is 10.1. The van der Waals surface area contributed by atoms with Crippen molar-refractivity contribution in [2.75, 3.05) is 17.4 Å². The van der Waals surface area contributed by atoms with E-state index in [1.807, 2.05) is 6.92 Å². The Morgan fingerprint density at radius 3 is 2.11 bits per heavy atom. The highest BCUT2D eigenvalue weighted by atomic mass is 35.5. The fourth-order valence-electron chi connectivity index (χ4n) is 3.68. The topological polar surface area (TPSA) is 86.8 Å². The first kappa shape index (κ1) is 28.5. The Kier molecular flexibility index (Phi) is 9.97. The average molecular weight is 563 g/mol. The molecule has 0 saturated carbocycles. The molecule has 0 fully saturated rings. The number of rotatable bonds is 11. The van der Waals surface area contributed by atoms with Gasteiger partial charge in [-0.05, 0) is 49.2 Å². The molecule has 0 aromatic heterocycles. The minimum Gasteiger partial charge on any atom is -0.354 e. The Morgan fingerprint density at radius 1 is 0.892 bits per heavy atom. The van der Waals surface area contributed by atoms with Gasteiger partial charge in [-0.1, -0.05) is 78.7 Å². The van der Waals surface area contributed by atoms with Crippen molar-refractivity contribution in [3.63, 3.8) is 0 Å². The molecule has 196 valence electrons. The highest BCUT2D eigenvalue weighted by Crippen LogP contribution is 2.31. The van der Waals surface area contributed by atoms with Crippen molar-refractivity contribution >= 4 is 50.7 Å². The molecular formula is C27H29Cl2N3O4S. The maximum Gasteiger partial charge on any atom is 0.264 e. The summed E-state index contributed by atoms with van der Waals surface area (Å²) in [6.45, 7) is 3.42. The molecule has 0 aliphatic heterocycles. The Bertz CT molecular complexity index is 1340. The highest BCUT2D eigenvalue weighted by molar-refractivity contribution is 7.92. The van der Waals surface area contributed by atoms with E-state index in [-0.39, 0.29) is 28.1 Å². The Balaban J connectivity index is 2.03. The summed E-state index contributed by atoms with van der Waals surface area (Å²) in [6.07, 6.45) is 0.729. The van der Waals surface area contributed by atoms with E-state index in [0.717, 1.165) is 10.7 Å². The van der Waals surface area contributed by atoms with Crippen LogP contribution in [0.15, 0.2) is 83.8 Å². The van der Waals surface area contributed by atoms with Crippen LogP contribution in [0.1, 0.15) is 25.8 Å². The number of para-hydroxylation sites is 1. The first-order chi connectivity index (χ1) is 17.7. The van der Waals surface area contributed by atoms with Crippen molar-refractivity contribution in [1.82, 2.24) is 10.2 Å². The van der Waals surface area contributed by atoms with Gasteiger partial charge in [0, 0.05) is 18.1 Å². The summed E-state index contributed by atoms with van der Waals surface area (Å²) in [5.41, 5.74) is 0.782. The monoisotopic (exact) mass is 561 g/mol. The van der Waals surface area contributed by atoms with Crippen LogP contribution in [0, 0.1) is 0 Å². The van der Waals surface area contributed by atoms with Gasteiger partial charge >= 0.3 is 0 Å². The number of amides is 2. The van der Waals surface area contributed by atoms with Gasteiger partial charge in [0.15, 0.2) is 0 Å². The predicted molar refractivity (Wildman–Crippen MR) is 147 cm³/mol. The smallest absolute Gasteiger partial charge is 0.264 e. The van der Waals surface area contributed by atoms with E-state index >= 15 is 0 Å². The number of nitrogens with zero attached hydrogens (tertiary/aromatic N) is 2. The first-order valence-electron chi connectivity index (χ1n) is 11.8. The Hall–Kier alpha value is -3.07. The maximum absolute atomic E-state index is 13.8. The van der Waals surface area contributed by atoms with Crippen LogP contribution in [0.2, 0.25) is 10.0 Å². The summed E-state index contributed by atoms with van der Waals surface area (Å²) in [4.78, 5) is 28.0. The number of carbonyl (C=O) groups is 2. The van der Waals surface area contributed by atoms with E-state index in [0.29, 0.717) is 17.1 Å². The van der Waals surface area contributed by atoms with E-state index in [2.05, 4.69) is 5.32 Å². The second-order valence-corrected chi connectivity index (χ2v) is 11.0. The van der Waals surface area contributed by atoms with Gasteiger partial charge in [-0.3, -0.25) is 13.9 Å². The van der Waals surface area contributed by atoms with Crippen molar-refractivity contribution in [2.24, 2.45) is 0 Å². The first-order valence-corrected chi connectivity index (χ1v) is 14.0. The van der Waals surface area contributed by atoms with Gasteiger partial charge in [-0.2, -0.15) is 0 Å². The highest BCUT2D eigenvalue weighted by Gasteiger charge is 2.33. The average Bonchev–Trinajstić information content (AvgIpc) is 2.90. The van der Waals surface area contributed by atoms with E-state index < -0.39 is 28.5 Å². The Morgan fingerprint density at radius 2 is 1.49 bits per heavy atom. The lowest BCUT2D eigenvalue weighted by molar-refractivity contribution is -0.139. The molecule has 1 N–H and O–H groups in total. The fourth-order valence-corrected chi connectivity index (χ4v) is 5.61. The number of carbonyl (C=O) groups excluding carboxylic acids is 2. The van der Waals surface area contributed by atoms with Gasteiger partial charge < -0.3 is 10.2 Å². The zero-order valence-electron chi connectivity index (χ0n) is 20.6. The third kappa shape index (κ3) is 7.03. The van der Waals surface area contributed by atoms with Crippen molar-refractivity contribution in [3.05, 3.63) is 94.5 Å². The number of hydrogen-bond donors (Lipinski definition) is 1. The van der Waals surface area contributed by atoms with Crippen LogP contribution in [-0.2, 0) is 26.2 Å². The molecule has 3 aromatic carbocycles. The molecule has 3 aromatic rings. The fraction of sp³-hybridized carbons (Fsp3) is 0.259. The Labute approximate surface area is 228 Å². The lowest BCUT2D eigenvalue weighted by Gasteiger charge is -2.32. The van der Waals surface area contributed by atoms with Crippen LogP contribution in [0.3, 0.4) is 0 Å². The van der Waals surface area contributed by atoms with Gasteiger partial charge in [-0.15, -0.1) is 0 Å². The third-order valence-electron chi connectivity index (χ3n) is 5.75. The minimum atomic E-state index is -4.17. The molecule has 7 nitrogen and oxygen atoms in total. The van der Waals surface area contributed by atoms with Gasteiger partial charge in [0.2, 0.25) is 11.8 Å². The van der Waals surface area contributed by atoms with Crippen LogP contribution < -0.4 is 9.62 Å². The quantitative estimate of drug-likeness (QED) is 0.351. The van der Waals surface area contributed by atoms with Gasteiger partial charge in [0.25, 0.3) is 10.0 Å². The number of halogens is 2. The van der Waals surface area contributed by atoms with E-state index in [1.165, 1.54) is 23.1 Å². The molecule has 0 aliphatic carbocycles. The molecule has 0 aliphatic rings. The van der Waals surface area contributed by atoms with Crippen LogP contribution in [0.25, 0.3) is 0 Å². The van der Waals surface area contributed by atoms with Crippen molar-refractivity contribution < 1.29 is 18.0 Å². The summed E-state index contributed by atoms with van der Waals surface area (Å²) in [5, 5.41) is 3.40. The summed E-state index contributed by atoms with van der Waals surface area (Å²) < 4.78 is 28.4. The molecule has 0 bridgehead atoms. The van der Waals surface area contributed by atoms with Crippen LogP contribution >= 0.6 is 23.2 Å². The van der Waals surface area contributed by atoms with Gasteiger partial charge in [0.1, 0.15) is 12.6 Å². The summed E-state index contributed by atoms with van der Waals surface area (Å²) in [7, 11) is -4.17. The van der Waals surface area contributed by atoms with E-state index in [4.69, 9.17) is 23.2 Å². The normalized spacial score (nSPS) is 12.0. The number of benzene rings is 3. The second kappa shape index (κ2) is 12.9. The minimum absolute atomic E-state index is 0.00844. The van der Waals surface area contributed by atoms with Crippen LogP contribution in [-0.4, -0.2) is 44.3 Å². The van der Waals surface area contributed by atoms with Crippen molar-refractivity contribution in [1.29, 1.82) is 0 Å². The summed E-state index contributed by atoms with van der Waals surface area (Å²) in [5.74, 6) is -0.934. The molecule has 0 spiro atoms. The molecular weight excluding hydrogens is 533 g/mol. The lowest BCUT2D eigenvalue weighted by Crippen LogP contribution is -2.51. The molecule has 0 heterocycles. The van der Waals surface area contributed by atoms with Crippen molar-refractivity contribution in [2.45, 2.75) is 37.8 Å². The molecule has 10 heteroatoms. The number of hydrogen-bond acceptors (Lipinski definition) is 4. The maximum atomic E-state index is 13.8.